The summed E-state index contributed by atoms with van der Waals surface area (Å²) in [6, 6.07) is 4.42. The van der Waals surface area contributed by atoms with Crippen LogP contribution in [0, 0.1) is 22.7 Å². The van der Waals surface area contributed by atoms with Crippen molar-refractivity contribution in [2.24, 2.45) is 0 Å². The zero-order chi connectivity index (χ0) is 21.5. The third-order valence-corrected chi connectivity index (χ3v) is 3.07. The number of carbonyl (C=O) groups is 3. The molecule has 0 saturated heterocycles. The molecule has 0 fully saturated rings. The molecule has 148 valence electrons. The van der Waals surface area contributed by atoms with Crippen molar-refractivity contribution in [1.82, 2.24) is 0 Å². The van der Waals surface area contributed by atoms with Gasteiger partial charge >= 0.3 is 18.1 Å². The molecule has 0 amide bonds. The molecule has 28 heavy (non-hydrogen) atoms. The lowest BCUT2D eigenvalue weighted by Gasteiger charge is -2.20. The molecular weight excluding hydrogens is 368 g/mol. The van der Waals surface area contributed by atoms with Crippen molar-refractivity contribution in [3.8, 4) is 17.9 Å². The molecule has 9 nitrogen and oxygen atoms in total. The largest absolute Gasteiger partial charge is 0.514 e. The van der Waals surface area contributed by atoms with Crippen molar-refractivity contribution >= 4 is 18.1 Å². The number of nitriles is 2. The molecule has 0 bridgehead atoms. The first-order chi connectivity index (χ1) is 13.1. The maximum atomic E-state index is 12.2. The van der Waals surface area contributed by atoms with E-state index < -0.39 is 40.6 Å². The van der Waals surface area contributed by atoms with Gasteiger partial charge in [0, 0.05) is 0 Å². The minimum atomic E-state index is -1.21. The standard InChI is InChI=1S/C19H20N2O7/c1-6-25-16(22)11-8-12(17(23)26-7-2)14(10-21)15(13(11)9-20)27-18(24)28-19(3,4)5/h8H,6-7H2,1-5H3. The van der Waals surface area contributed by atoms with Crippen LogP contribution in [0.15, 0.2) is 6.07 Å². The highest BCUT2D eigenvalue weighted by Crippen LogP contribution is 2.32. The second-order valence-corrected chi connectivity index (χ2v) is 6.28. The fraction of sp³-hybridized carbons (Fsp3) is 0.421. The molecular formula is C19H20N2O7. The fourth-order valence-electron chi connectivity index (χ4n) is 2.08. The van der Waals surface area contributed by atoms with Gasteiger partial charge in [0.05, 0.1) is 24.3 Å². The van der Waals surface area contributed by atoms with Crippen LogP contribution in [-0.2, 0) is 14.2 Å². The molecule has 0 N–H and O–H groups in total. The van der Waals surface area contributed by atoms with Crippen LogP contribution < -0.4 is 4.74 Å². The maximum Gasteiger partial charge on any atom is 0.514 e. The number of esters is 2. The van der Waals surface area contributed by atoms with E-state index in [0.717, 1.165) is 6.07 Å². The minimum absolute atomic E-state index is 0.000694. The van der Waals surface area contributed by atoms with Crippen molar-refractivity contribution in [3.05, 3.63) is 28.3 Å². The predicted molar refractivity (Wildman–Crippen MR) is 94.6 cm³/mol. The van der Waals surface area contributed by atoms with Crippen molar-refractivity contribution in [1.29, 1.82) is 10.5 Å². The average Bonchev–Trinajstić information content (AvgIpc) is 2.59. The normalized spacial score (nSPS) is 10.2. The molecule has 0 atom stereocenters. The first kappa shape index (κ1) is 22.5. The Kier molecular flexibility index (Phi) is 7.52. The minimum Gasteiger partial charge on any atom is -0.462 e. The monoisotopic (exact) mass is 388 g/mol. The highest BCUT2D eigenvalue weighted by atomic mass is 16.7. The highest BCUT2D eigenvalue weighted by Gasteiger charge is 2.30. The Morgan fingerprint density at radius 2 is 1.36 bits per heavy atom. The van der Waals surface area contributed by atoms with E-state index in [4.69, 9.17) is 18.9 Å². The summed E-state index contributed by atoms with van der Waals surface area (Å²) < 4.78 is 19.8. The van der Waals surface area contributed by atoms with E-state index in [1.807, 2.05) is 0 Å². The van der Waals surface area contributed by atoms with Crippen LogP contribution in [0.25, 0.3) is 0 Å². The average molecular weight is 388 g/mol. The van der Waals surface area contributed by atoms with Crippen molar-refractivity contribution in [2.75, 3.05) is 13.2 Å². The molecule has 9 heteroatoms. The lowest BCUT2D eigenvalue weighted by Crippen LogP contribution is -2.27. The van der Waals surface area contributed by atoms with E-state index in [0.29, 0.717) is 0 Å². The topological polar surface area (TPSA) is 136 Å². The van der Waals surface area contributed by atoms with E-state index in [1.165, 1.54) is 0 Å². The third kappa shape index (κ3) is 5.45. The molecule has 0 saturated carbocycles. The Morgan fingerprint density at radius 3 is 1.68 bits per heavy atom. The Morgan fingerprint density at radius 1 is 0.929 bits per heavy atom. The van der Waals surface area contributed by atoms with Crippen LogP contribution in [-0.4, -0.2) is 36.9 Å². The van der Waals surface area contributed by atoms with Gasteiger partial charge in [-0.05, 0) is 40.7 Å². The van der Waals surface area contributed by atoms with Gasteiger partial charge in [0.2, 0.25) is 0 Å². The van der Waals surface area contributed by atoms with Gasteiger partial charge in [-0.25, -0.2) is 14.4 Å². The summed E-state index contributed by atoms with van der Waals surface area (Å²) in [6.45, 7) is 7.87. The predicted octanol–water partition coefficient (Wildman–Crippen LogP) is 3.10. The number of rotatable bonds is 5. The number of nitrogens with zero attached hydrogens (tertiary/aromatic N) is 2. The smallest absolute Gasteiger partial charge is 0.462 e. The Hall–Kier alpha value is -3.59. The Balaban J connectivity index is 3.70. The van der Waals surface area contributed by atoms with Crippen LogP contribution in [0.4, 0.5) is 4.79 Å². The van der Waals surface area contributed by atoms with E-state index in [-0.39, 0.29) is 24.3 Å². The first-order valence-corrected chi connectivity index (χ1v) is 8.35. The van der Waals surface area contributed by atoms with Crippen molar-refractivity contribution < 1.29 is 33.3 Å². The molecule has 0 aliphatic heterocycles. The Labute approximate surface area is 162 Å². The highest BCUT2D eigenvalue weighted by molar-refractivity contribution is 6.01. The van der Waals surface area contributed by atoms with Crippen LogP contribution in [0.2, 0.25) is 0 Å². The van der Waals surface area contributed by atoms with E-state index in [9.17, 15) is 24.9 Å². The van der Waals surface area contributed by atoms with E-state index >= 15 is 0 Å². The lowest BCUT2D eigenvalue weighted by molar-refractivity contribution is 0.0201. The fourth-order valence-corrected chi connectivity index (χ4v) is 2.08. The summed E-state index contributed by atoms with van der Waals surface area (Å²) in [5.74, 6) is -2.43. The zero-order valence-corrected chi connectivity index (χ0v) is 16.2. The molecule has 0 unspecified atom stereocenters. The molecule has 1 aromatic carbocycles. The molecule has 0 aliphatic rings. The van der Waals surface area contributed by atoms with E-state index in [1.54, 1.807) is 46.8 Å². The summed E-state index contributed by atoms with van der Waals surface area (Å²) >= 11 is 0. The molecule has 0 radical (unpaired) electrons. The van der Waals surface area contributed by atoms with E-state index in [2.05, 4.69) is 0 Å². The lowest BCUT2D eigenvalue weighted by atomic mass is 9.97. The van der Waals surface area contributed by atoms with Gasteiger partial charge in [-0.2, -0.15) is 10.5 Å². The second-order valence-electron chi connectivity index (χ2n) is 6.28. The molecule has 0 aliphatic carbocycles. The second kappa shape index (κ2) is 9.38. The van der Waals surface area contributed by atoms with Gasteiger partial charge < -0.3 is 18.9 Å². The maximum absolute atomic E-state index is 12.2. The molecule has 1 aromatic rings. The van der Waals surface area contributed by atoms with Gasteiger partial charge in [-0.1, -0.05) is 0 Å². The van der Waals surface area contributed by atoms with Crippen molar-refractivity contribution in [3.63, 3.8) is 0 Å². The van der Waals surface area contributed by atoms with Crippen LogP contribution in [0.1, 0.15) is 66.5 Å². The number of carbonyl (C=O) groups excluding carboxylic acids is 3. The van der Waals surface area contributed by atoms with Gasteiger partial charge in [0.25, 0.3) is 0 Å². The van der Waals surface area contributed by atoms with Gasteiger partial charge in [0.15, 0.2) is 5.75 Å². The summed E-state index contributed by atoms with van der Waals surface area (Å²) in [4.78, 5) is 36.6. The van der Waals surface area contributed by atoms with Gasteiger partial charge in [-0.15, -0.1) is 0 Å². The SMILES string of the molecule is CCOC(=O)c1cc(C(=O)OCC)c(C#N)c(OC(=O)OC(C)(C)C)c1C#N. The quantitative estimate of drug-likeness (QED) is 0.423. The third-order valence-electron chi connectivity index (χ3n) is 3.07. The first-order valence-electron chi connectivity index (χ1n) is 8.35. The summed E-state index contributed by atoms with van der Waals surface area (Å²) in [7, 11) is 0. The zero-order valence-electron chi connectivity index (χ0n) is 16.2. The molecule has 0 aromatic heterocycles. The number of benzene rings is 1. The number of ether oxygens (including phenoxy) is 4. The molecule has 0 heterocycles. The Bertz CT molecular complexity index is 816. The van der Waals surface area contributed by atoms with Crippen LogP contribution >= 0.6 is 0 Å². The number of hydrogen-bond donors (Lipinski definition) is 0. The molecule has 1 rings (SSSR count). The van der Waals surface area contributed by atoms with Crippen molar-refractivity contribution in [2.45, 2.75) is 40.2 Å². The summed E-state index contributed by atoms with van der Waals surface area (Å²) in [5, 5.41) is 19.0. The van der Waals surface area contributed by atoms with Gasteiger partial charge in [-0.3, -0.25) is 0 Å². The van der Waals surface area contributed by atoms with Crippen LogP contribution in [0.5, 0.6) is 5.75 Å². The molecule has 0 spiro atoms. The van der Waals surface area contributed by atoms with Gasteiger partial charge in [0.1, 0.15) is 28.9 Å². The van der Waals surface area contributed by atoms with Crippen LogP contribution in [0.3, 0.4) is 0 Å². The summed E-state index contributed by atoms with van der Waals surface area (Å²) in [5.41, 5.74) is -2.47. The number of hydrogen-bond acceptors (Lipinski definition) is 9. The summed E-state index contributed by atoms with van der Waals surface area (Å²) in [6.07, 6.45) is -1.21.